The lowest BCUT2D eigenvalue weighted by atomic mass is 9.33. The summed E-state index contributed by atoms with van der Waals surface area (Å²) in [5.41, 5.74) is 25.7. The van der Waals surface area contributed by atoms with Gasteiger partial charge in [0.2, 0.25) is 0 Å². The molecule has 103 heavy (non-hydrogen) atoms. The van der Waals surface area contributed by atoms with Crippen molar-refractivity contribution in [2.45, 2.75) is 0 Å². The molecule has 0 saturated heterocycles. The Hall–Kier alpha value is -13.4. The summed E-state index contributed by atoms with van der Waals surface area (Å²) < 4.78 is 0. The van der Waals surface area contributed by atoms with E-state index < -0.39 is 0 Å². The summed E-state index contributed by atoms with van der Waals surface area (Å²) in [5.74, 6) is 0. The molecule has 22 rings (SSSR count). The van der Waals surface area contributed by atoms with Crippen LogP contribution >= 0.6 is 0 Å². The predicted octanol–water partition coefficient (Wildman–Crippen LogP) is 24.9. The highest BCUT2D eigenvalue weighted by Crippen LogP contribution is 2.55. The van der Waals surface area contributed by atoms with E-state index in [2.05, 4.69) is 374 Å². The zero-order valence-electron chi connectivity index (χ0n) is 56.1. The standard InChI is InChI=1S/C99H60BN3/c1-7-25-61(26-8-1)69-49-70(62-27-9-2-10-28-62)52-75(51-69)102-91-57-74(73-55-89(65-33-15-5-16-34-65)101-90(56-73)66-35-17-6-18-36-66)58-92-97(91)100(87-59-85-81-43-21-39-67-37-19-41-77(93(67)81)79-45-23-47-83(95(79)85)98(87)102)88-60-86-82-44-22-40-68-38-20-42-78(94(68)82)80-46-24-48-84(96(80)86)99(88)103(92)76-53-71(63-29-11-3-12-30-63)50-72(54-76)64-31-13-4-14-32-64/h1-60H. The summed E-state index contributed by atoms with van der Waals surface area (Å²) >= 11 is 0. The monoisotopic (exact) mass is 1300 g/mol. The average molecular weight is 1300 g/mol. The van der Waals surface area contributed by atoms with Crippen LogP contribution in [-0.2, 0) is 0 Å². The van der Waals surface area contributed by atoms with Crippen molar-refractivity contribution in [2.24, 2.45) is 0 Å². The number of hydrogen-bond donors (Lipinski definition) is 0. The molecule has 2 aliphatic rings. The van der Waals surface area contributed by atoms with Crippen molar-refractivity contribution in [3.05, 3.63) is 364 Å². The number of fused-ring (bicyclic) bond motifs is 10. The van der Waals surface area contributed by atoms with E-state index in [0.29, 0.717) is 0 Å². The summed E-state index contributed by atoms with van der Waals surface area (Å²) in [6, 6.07) is 137. The van der Waals surface area contributed by atoms with Gasteiger partial charge in [0.1, 0.15) is 0 Å². The van der Waals surface area contributed by atoms with Gasteiger partial charge in [0.05, 0.1) is 11.4 Å². The Morgan fingerprint density at radius 2 is 0.485 bits per heavy atom. The number of nitrogens with zero attached hydrogens (tertiary/aromatic N) is 3. The Kier molecular flexibility index (Phi) is 12.6. The van der Waals surface area contributed by atoms with Gasteiger partial charge in [0.25, 0.3) is 6.71 Å². The SMILES string of the molecule is c1ccc(-c2cc(-c3ccccc3)cc(N3c4cc(-c5cc(-c6ccccc6)nc(-c6ccccc6)c5)cc5c4B(c4cc6c7cccc8cccc(c9cccc(c43)c96)c87)c3cc4c6cccc7cccc(c8cccc(c3N5c3cc(-c5ccccc5)cc(-c5ccccc5)c3)c84)c76)c2)cc1. The number of pyridine rings is 1. The van der Waals surface area contributed by atoms with Crippen LogP contribution in [0.4, 0.5) is 34.1 Å². The number of aromatic nitrogens is 1. The highest BCUT2D eigenvalue weighted by molar-refractivity contribution is 7.01. The second kappa shape index (κ2) is 22.6. The Morgan fingerprint density at radius 3 is 0.835 bits per heavy atom. The van der Waals surface area contributed by atoms with Crippen molar-refractivity contribution in [1.82, 2.24) is 4.98 Å². The van der Waals surface area contributed by atoms with Gasteiger partial charge < -0.3 is 9.80 Å². The Balaban J connectivity index is 0.963. The maximum absolute atomic E-state index is 5.56. The number of hydrogen-bond acceptors (Lipinski definition) is 3. The van der Waals surface area contributed by atoms with Gasteiger partial charge in [-0.2, -0.15) is 0 Å². The summed E-state index contributed by atoms with van der Waals surface area (Å²) in [4.78, 5) is 11.0. The predicted molar refractivity (Wildman–Crippen MR) is 439 cm³/mol. The van der Waals surface area contributed by atoms with Gasteiger partial charge in [-0.3, -0.25) is 0 Å². The van der Waals surface area contributed by atoms with E-state index >= 15 is 0 Å². The molecular formula is C99H60BN3. The summed E-state index contributed by atoms with van der Waals surface area (Å²) in [6.07, 6.45) is 0. The first-order chi connectivity index (χ1) is 51.1. The topological polar surface area (TPSA) is 19.4 Å². The Labute approximate surface area is 596 Å². The molecule has 3 nitrogen and oxygen atoms in total. The van der Waals surface area contributed by atoms with E-state index in [1.165, 1.54) is 114 Å². The summed E-state index contributed by atoms with van der Waals surface area (Å²) in [7, 11) is 0. The maximum Gasteiger partial charge on any atom is 0.252 e. The van der Waals surface area contributed by atoms with Gasteiger partial charge in [-0.1, -0.05) is 303 Å². The van der Waals surface area contributed by atoms with Gasteiger partial charge >= 0.3 is 0 Å². The molecule has 474 valence electrons. The van der Waals surface area contributed by atoms with Crippen LogP contribution in [0.25, 0.3) is 164 Å². The minimum Gasteiger partial charge on any atom is -0.311 e. The average Bonchev–Trinajstić information content (AvgIpc) is 0.663. The highest BCUT2D eigenvalue weighted by Gasteiger charge is 2.46. The fourth-order valence-corrected chi connectivity index (χ4v) is 18.0. The second-order valence-corrected chi connectivity index (χ2v) is 28.0. The highest BCUT2D eigenvalue weighted by atomic mass is 15.2. The third-order valence-electron chi connectivity index (χ3n) is 22.3. The number of rotatable bonds is 9. The van der Waals surface area contributed by atoms with Gasteiger partial charge in [-0.05, 0) is 208 Å². The van der Waals surface area contributed by atoms with Crippen LogP contribution in [0, 0.1) is 0 Å². The smallest absolute Gasteiger partial charge is 0.252 e. The molecule has 4 heteroatoms. The molecule has 0 unspecified atom stereocenters. The molecule has 0 atom stereocenters. The first-order valence-corrected chi connectivity index (χ1v) is 35.8. The number of anilines is 6. The van der Waals surface area contributed by atoms with E-state index in [1.807, 2.05) is 0 Å². The van der Waals surface area contributed by atoms with E-state index in [-0.39, 0.29) is 6.71 Å². The molecule has 1 aromatic heterocycles. The van der Waals surface area contributed by atoms with Gasteiger partial charge in [-0.15, -0.1) is 0 Å². The fraction of sp³-hybridized carbons (Fsp3) is 0. The molecule has 19 aromatic carbocycles. The maximum atomic E-state index is 5.56. The third-order valence-corrected chi connectivity index (χ3v) is 22.3. The summed E-state index contributed by atoms with van der Waals surface area (Å²) in [5, 5.41) is 20.1. The van der Waals surface area contributed by atoms with Gasteiger partial charge in [0, 0.05) is 56.0 Å². The van der Waals surface area contributed by atoms with E-state index in [0.717, 1.165) is 101 Å². The first kappa shape index (κ1) is 57.5. The molecule has 2 aliphatic heterocycles. The third kappa shape index (κ3) is 8.81. The normalized spacial score (nSPS) is 12.6. The molecule has 0 bridgehead atoms. The summed E-state index contributed by atoms with van der Waals surface area (Å²) in [6.45, 7) is -0.299. The molecule has 0 radical (unpaired) electrons. The van der Waals surface area contributed by atoms with Crippen molar-refractivity contribution in [3.8, 4) is 78.1 Å². The van der Waals surface area contributed by atoms with E-state index in [1.54, 1.807) is 0 Å². The minimum absolute atomic E-state index is 0.299. The quantitative estimate of drug-likeness (QED) is 0.0816. The van der Waals surface area contributed by atoms with Crippen molar-refractivity contribution < 1.29 is 0 Å². The van der Waals surface area contributed by atoms with Gasteiger partial charge in [-0.25, -0.2) is 4.98 Å². The first-order valence-electron chi connectivity index (χ1n) is 35.8. The zero-order valence-corrected chi connectivity index (χ0v) is 56.1. The van der Waals surface area contributed by atoms with Gasteiger partial charge in [0.15, 0.2) is 0 Å². The van der Waals surface area contributed by atoms with Crippen LogP contribution in [0.15, 0.2) is 364 Å². The Bertz CT molecular complexity index is 6310. The fourth-order valence-electron chi connectivity index (χ4n) is 18.0. The minimum atomic E-state index is -0.299. The molecule has 0 spiro atoms. The van der Waals surface area contributed by atoms with Crippen molar-refractivity contribution in [3.63, 3.8) is 0 Å². The van der Waals surface area contributed by atoms with Crippen LogP contribution in [0.5, 0.6) is 0 Å². The van der Waals surface area contributed by atoms with Crippen molar-refractivity contribution >= 4 is 143 Å². The molecule has 0 N–H and O–H groups in total. The molecule has 0 amide bonds. The lowest BCUT2D eigenvalue weighted by Gasteiger charge is -2.46. The van der Waals surface area contributed by atoms with Crippen LogP contribution in [0.1, 0.15) is 0 Å². The molecule has 0 fully saturated rings. The molecular weight excluding hydrogens is 1240 g/mol. The van der Waals surface area contributed by atoms with Crippen LogP contribution in [0.3, 0.4) is 0 Å². The van der Waals surface area contributed by atoms with Crippen LogP contribution < -0.4 is 26.2 Å². The molecule has 3 heterocycles. The molecule has 0 aliphatic carbocycles. The number of benzene rings is 19. The Morgan fingerprint density at radius 1 is 0.204 bits per heavy atom. The van der Waals surface area contributed by atoms with E-state index in [4.69, 9.17) is 4.98 Å². The van der Waals surface area contributed by atoms with Crippen molar-refractivity contribution in [2.75, 3.05) is 9.80 Å². The lowest BCUT2D eigenvalue weighted by Crippen LogP contribution is -2.61. The van der Waals surface area contributed by atoms with Crippen LogP contribution in [0.2, 0.25) is 0 Å². The van der Waals surface area contributed by atoms with E-state index in [9.17, 15) is 0 Å². The van der Waals surface area contributed by atoms with Crippen LogP contribution in [-0.4, -0.2) is 11.7 Å². The molecule has 0 saturated carbocycles. The zero-order chi connectivity index (χ0) is 67.4. The molecule has 20 aromatic rings. The largest absolute Gasteiger partial charge is 0.311 e. The second-order valence-electron chi connectivity index (χ2n) is 28.0. The van der Waals surface area contributed by atoms with Crippen molar-refractivity contribution in [1.29, 1.82) is 0 Å². The lowest BCUT2D eigenvalue weighted by molar-refractivity contribution is 1.27.